The standard InChI is InChI=1S/C13H10ClF3N2O/c1-2-19-6-9(7-20)12(18-19)8-3-4-11(14)10(5-8)13(15,16)17/h3-7H,2H2,1H3. The molecule has 0 atom stereocenters. The number of aryl methyl sites for hydroxylation is 1. The van der Waals surface area contributed by atoms with Crippen LogP contribution in [0.5, 0.6) is 0 Å². The van der Waals surface area contributed by atoms with E-state index >= 15 is 0 Å². The highest BCUT2D eigenvalue weighted by Crippen LogP contribution is 2.37. The van der Waals surface area contributed by atoms with Gasteiger partial charge in [0.05, 0.1) is 16.1 Å². The summed E-state index contributed by atoms with van der Waals surface area (Å²) < 4.78 is 39.9. The van der Waals surface area contributed by atoms with Crippen LogP contribution in [0.4, 0.5) is 13.2 Å². The lowest BCUT2D eigenvalue weighted by Crippen LogP contribution is -2.06. The Morgan fingerprint density at radius 1 is 1.40 bits per heavy atom. The first-order chi connectivity index (χ1) is 9.36. The first-order valence-corrected chi connectivity index (χ1v) is 6.14. The van der Waals surface area contributed by atoms with Crippen LogP contribution in [0, 0.1) is 0 Å². The summed E-state index contributed by atoms with van der Waals surface area (Å²) in [4.78, 5) is 11.0. The Morgan fingerprint density at radius 3 is 2.65 bits per heavy atom. The third kappa shape index (κ3) is 2.70. The van der Waals surface area contributed by atoms with Crippen molar-refractivity contribution in [1.29, 1.82) is 0 Å². The Hall–Kier alpha value is -1.82. The van der Waals surface area contributed by atoms with Crippen molar-refractivity contribution in [3.63, 3.8) is 0 Å². The zero-order valence-corrected chi connectivity index (χ0v) is 11.2. The molecule has 20 heavy (non-hydrogen) atoms. The van der Waals surface area contributed by atoms with Crippen molar-refractivity contribution in [3.8, 4) is 11.3 Å². The van der Waals surface area contributed by atoms with Gasteiger partial charge in [0.15, 0.2) is 6.29 Å². The number of nitrogens with zero attached hydrogens (tertiary/aromatic N) is 2. The number of aromatic nitrogens is 2. The molecule has 0 radical (unpaired) electrons. The summed E-state index contributed by atoms with van der Waals surface area (Å²) in [6.45, 7) is 2.33. The third-order valence-corrected chi connectivity index (χ3v) is 3.12. The van der Waals surface area contributed by atoms with Crippen molar-refractivity contribution in [2.45, 2.75) is 19.6 Å². The number of rotatable bonds is 3. The Kier molecular flexibility index (Phi) is 3.85. The van der Waals surface area contributed by atoms with Gasteiger partial charge >= 0.3 is 6.18 Å². The minimum absolute atomic E-state index is 0.205. The van der Waals surface area contributed by atoms with Gasteiger partial charge in [-0.15, -0.1) is 0 Å². The number of hydrogen-bond acceptors (Lipinski definition) is 2. The van der Waals surface area contributed by atoms with E-state index in [0.717, 1.165) is 12.1 Å². The van der Waals surface area contributed by atoms with Crippen molar-refractivity contribution in [2.75, 3.05) is 0 Å². The Bertz CT molecular complexity index is 650. The summed E-state index contributed by atoms with van der Waals surface area (Å²) in [5.74, 6) is 0. The number of halogens is 4. The summed E-state index contributed by atoms with van der Waals surface area (Å²) in [6, 6.07) is 3.46. The highest BCUT2D eigenvalue weighted by atomic mass is 35.5. The van der Waals surface area contributed by atoms with Gasteiger partial charge < -0.3 is 0 Å². The monoisotopic (exact) mass is 302 g/mol. The van der Waals surface area contributed by atoms with Gasteiger partial charge in [0.25, 0.3) is 0 Å². The van der Waals surface area contributed by atoms with Crippen molar-refractivity contribution in [2.24, 2.45) is 0 Å². The predicted octanol–water partition coefficient (Wildman–Crippen LogP) is 4.05. The van der Waals surface area contributed by atoms with Gasteiger partial charge in [-0.25, -0.2) is 0 Å². The van der Waals surface area contributed by atoms with Crippen LogP contribution < -0.4 is 0 Å². The molecule has 0 fully saturated rings. The molecule has 0 saturated carbocycles. The molecule has 106 valence electrons. The van der Waals surface area contributed by atoms with E-state index in [1.54, 1.807) is 0 Å². The molecule has 0 amide bonds. The summed E-state index contributed by atoms with van der Waals surface area (Å²) in [7, 11) is 0. The average Bonchev–Trinajstić information content (AvgIpc) is 2.81. The molecular formula is C13H10ClF3N2O. The quantitative estimate of drug-likeness (QED) is 0.802. The summed E-state index contributed by atoms with van der Waals surface area (Å²) >= 11 is 5.56. The maximum Gasteiger partial charge on any atom is 0.417 e. The first-order valence-electron chi connectivity index (χ1n) is 5.76. The van der Waals surface area contributed by atoms with E-state index in [9.17, 15) is 18.0 Å². The van der Waals surface area contributed by atoms with Gasteiger partial charge in [-0.05, 0) is 19.1 Å². The Labute approximate surface area is 118 Å². The zero-order chi connectivity index (χ0) is 14.9. The van der Waals surface area contributed by atoms with Gasteiger partial charge in [0.1, 0.15) is 5.69 Å². The lowest BCUT2D eigenvalue weighted by Gasteiger charge is -2.10. The molecule has 0 aliphatic rings. The molecule has 1 heterocycles. The van der Waals surface area contributed by atoms with Gasteiger partial charge in [-0.1, -0.05) is 17.7 Å². The van der Waals surface area contributed by atoms with Crippen LogP contribution in [0.15, 0.2) is 24.4 Å². The van der Waals surface area contributed by atoms with E-state index in [1.807, 2.05) is 6.92 Å². The van der Waals surface area contributed by atoms with Crippen LogP contribution in [-0.4, -0.2) is 16.1 Å². The highest BCUT2D eigenvalue weighted by molar-refractivity contribution is 6.31. The van der Waals surface area contributed by atoms with Gasteiger partial charge in [0.2, 0.25) is 0 Å². The Morgan fingerprint density at radius 2 is 2.10 bits per heavy atom. The molecule has 0 N–H and O–H groups in total. The van der Waals surface area contributed by atoms with Gasteiger partial charge in [-0.2, -0.15) is 18.3 Å². The minimum Gasteiger partial charge on any atom is -0.298 e. The van der Waals surface area contributed by atoms with Crippen LogP contribution >= 0.6 is 11.6 Å². The molecule has 0 unspecified atom stereocenters. The van der Waals surface area contributed by atoms with Crippen molar-refractivity contribution in [1.82, 2.24) is 9.78 Å². The fourth-order valence-electron chi connectivity index (χ4n) is 1.80. The minimum atomic E-state index is -4.55. The maximum atomic E-state index is 12.8. The Balaban J connectivity index is 2.59. The molecule has 0 saturated heterocycles. The molecule has 0 bridgehead atoms. The average molecular weight is 303 g/mol. The second kappa shape index (κ2) is 5.28. The summed E-state index contributed by atoms with van der Waals surface area (Å²) in [5, 5.41) is 3.71. The number of carbonyl (C=O) groups is 1. The smallest absolute Gasteiger partial charge is 0.298 e. The maximum absolute atomic E-state index is 12.8. The second-order valence-corrected chi connectivity index (χ2v) is 4.51. The van der Waals surface area contributed by atoms with E-state index in [4.69, 9.17) is 11.6 Å². The molecule has 0 aliphatic carbocycles. The van der Waals surface area contributed by atoms with Crippen LogP contribution in [0.1, 0.15) is 22.8 Å². The molecule has 2 rings (SSSR count). The van der Waals surface area contributed by atoms with E-state index in [1.165, 1.54) is 16.9 Å². The lowest BCUT2D eigenvalue weighted by molar-refractivity contribution is -0.137. The van der Waals surface area contributed by atoms with Crippen molar-refractivity contribution < 1.29 is 18.0 Å². The SMILES string of the molecule is CCn1cc(C=O)c(-c2ccc(Cl)c(C(F)(F)F)c2)n1. The molecule has 1 aromatic carbocycles. The predicted molar refractivity (Wildman–Crippen MR) is 68.7 cm³/mol. The number of benzene rings is 1. The van der Waals surface area contributed by atoms with Crippen LogP contribution in [0.25, 0.3) is 11.3 Å². The van der Waals surface area contributed by atoms with Crippen molar-refractivity contribution in [3.05, 3.63) is 40.5 Å². The zero-order valence-electron chi connectivity index (χ0n) is 10.4. The molecule has 3 nitrogen and oxygen atoms in total. The van der Waals surface area contributed by atoms with E-state index < -0.39 is 11.7 Å². The van der Waals surface area contributed by atoms with E-state index in [2.05, 4.69) is 5.10 Å². The number of alkyl halides is 3. The second-order valence-electron chi connectivity index (χ2n) is 4.10. The van der Waals surface area contributed by atoms with Crippen LogP contribution in [-0.2, 0) is 12.7 Å². The highest BCUT2D eigenvalue weighted by Gasteiger charge is 2.33. The van der Waals surface area contributed by atoms with Crippen molar-refractivity contribution >= 4 is 17.9 Å². The number of carbonyl (C=O) groups excluding carboxylic acids is 1. The first kappa shape index (κ1) is 14.6. The molecular weight excluding hydrogens is 293 g/mol. The lowest BCUT2D eigenvalue weighted by atomic mass is 10.1. The van der Waals surface area contributed by atoms with Crippen LogP contribution in [0.3, 0.4) is 0 Å². The molecule has 7 heteroatoms. The van der Waals surface area contributed by atoms with E-state index in [-0.39, 0.29) is 21.8 Å². The normalized spacial score (nSPS) is 11.7. The largest absolute Gasteiger partial charge is 0.417 e. The molecule has 2 aromatic rings. The summed E-state index contributed by atoms with van der Waals surface area (Å²) in [5.41, 5.74) is -0.290. The number of hydrogen-bond donors (Lipinski definition) is 0. The van der Waals surface area contributed by atoms with Crippen LogP contribution in [0.2, 0.25) is 5.02 Å². The van der Waals surface area contributed by atoms with Gasteiger partial charge in [-0.3, -0.25) is 9.48 Å². The number of aldehydes is 1. The fourth-order valence-corrected chi connectivity index (χ4v) is 2.02. The van der Waals surface area contributed by atoms with Gasteiger partial charge in [0, 0.05) is 18.3 Å². The fraction of sp³-hybridized carbons (Fsp3) is 0.231. The third-order valence-electron chi connectivity index (χ3n) is 2.79. The molecule has 1 aromatic heterocycles. The summed E-state index contributed by atoms with van der Waals surface area (Å²) in [6.07, 6.45) is -2.50. The molecule has 0 aliphatic heterocycles. The van der Waals surface area contributed by atoms with E-state index in [0.29, 0.717) is 12.8 Å². The topological polar surface area (TPSA) is 34.9 Å². The molecule has 0 spiro atoms.